The Hall–Kier alpha value is -2.34. The van der Waals surface area contributed by atoms with Gasteiger partial charge in [-0.2, -0.15) is 0 Å². The molecule has 0 heteroatoms. The summed E-state index contributed by atoms with van der Waals surface area (Å²) in [4.78, 5) is 0. The van der Waals surface area contributed by atoms with Crippen molar-refractivity contribution in [2.24, 2.45) is 0 Å². The highest BCUT2D eigenvalue weighted by atomic mass is 14.0. The van der Waals surface area contributed by atoms with Crippen LogP contribution >= 0.6 is 0 Å². The third-order valence-electron chi connectivity index (χ3n) is 3.67. The van der Waals surface area contributed by atoms with Crippen LogP contribution in [0.5, 0.6) is 0 Å². The first-order chi connectivity index (χ1) is 10.4. The average Bonchev–Trinajstić information content (AvgIpc) is 2.57. The van der Waals surface area contributed by atoms with Gasteiger partial charge in [0.05, 0.1) is 0 Å². The SMILES string of the molecule is [CH](CCc1ccccc1)c1ccc(-c2ccccc2)cc1. The smallest absolute Gasteiger partial charge is 0.00898 e. The molecule has 3 aromatic carbocycles. The molecule has 0 saturated carbocycles. The van der Waals surface area contributed by atoms with E-state index in [1.54, 1.807) is 0 Å². The van der Waals surface area contributed by atoms with E-state index in [1.165, 1.54) is 22.3 Å². The molecular formula is C21H19. The number of rotatable bonds is 5. The fourth-order valence-electron chi connectivity index (χ4n) is 2.49. The largest absolute Gasteiger partial charge is 0.0622 e. The zero-order valence-corrected chi connectivity index (χ0v) is 12.1. The monoisotopic (exact) mass is 271 g/mol. The zero-order chi connectivity index (χ0) is 14.3. The highest BCUT2D eigenvalue weighted by molar-refractivity contribution is 5.63. The van der Waals surface area contributed by atoms with Crippen LogP contribution in [0.1, 0.15) is 17.5 Å². The van der Waals surface area contributed by atoms with E-state index in [2.05, 4.69) is 91.3 Å². The molecule has 21 heavy (non-hydrogen) atoms. The van der Waals surface area contributed by atoms with Gasteiger partial charge in [0.2, 0.25) is 0 Å². The maximum absolute atomic E-state index is 2.31. The standard InChI is InChI=1S/C21H19/c1-3-8-18(9-4-1)10-7-11-19-14-16-21(17-15-19)20-12-5-2-6-13-20/h1-6,8-9,11-17H,7,10H2. The van der Waals surface area contributed by atoms with Crippen molar-refractivity contribution in [3.8, 4) is 11.1 Å². The van der Waals surface area contributed by atoms with Gasteiger partial charge in [-0.3, -0.25) is 0 Å². The minimum Gasteiger partial charge on any atom is -0.0622 e. The number of benzene rings is 3. The first-order valence-electron chi connectivity index (χ1n) is 7.44. The van der Waals surface area contributed by atoms with Crippen molar-refractivity contribution in [2.45, 2.75) is 12.8 Å². The lowest BCUT2D eigenvalue weighted by Crippen LogP contribution is -1.88. The summed E-state index contributed by atoms with van der Waals surface area (Å²) < 4.78 is 0. The van der Waals surface area contributed by atoms with Crippen molar-refractivity contribution in [3.05, 3.63) is 102 Å². The van der Waals surface area contributed by atoms with E-state index >= 15 is 0 Å². The van der Waals surface area contributed by atoms with E-state index in [-0.39, 0.29) is 0 Å². The lowest BCUT2D eigenvalue weighted by atomic mass is 10.0. The summed E-state index contributed by atoms with van der Waals surface area (Å²) >= 11 is 0. The van der Waals surface area contributed by atoms with Crippen LogP contribution in [0, 0.1) is 6.42 Å². The third-order valence-corrected chi connectivity index (χ3v) is 3.67. The minimum absolute atomic E-state index is 1.08. The molecule has 0 spiro atoms. The molecule has 3 rings (SSSR count). The van der Waals surface area contributed by atoms with Crippen LogP contribution in [0.3, 0.4) is 0 Å². The molecule has 3 aromatic rings. The van der Waals surface area contributed by atoms with Crippen LogP contribution in [0.25, 0.3) is 11.1 Å². The van der Waals surface area contributed by atoms with Gasteiger partial charge in [-0.1, -0.05) is 84.9 Å². The summed E-state index contributed by atoms with van der Waals surface area (Å²) in [7, 11) is 0. The molecule has 103 valence electrons. The van der Waals surface area contributed by atoms with Gasteiger partial charge in [-0.05, 0) is 41.5 Å². The molecule has 0 N–H and O–H groups in total. The molecule has 0 amide bonds. The summed E-state index contributed by atoms with van der Waals surface area (Å²) in [5.74, 6) is 0. The van der Waals surface area contributed by atoms with E-state index < -0.39 is 0 Å². The van der Waals surface area contributed by atoms with Crippen LogP contribution in [-0.4, -0.2) is 0 Å². The minimum atomic E-state index is 1.08. The topological polar surface area (TPSA) is 0 Å². The van der Waals surface area contributed by atoms with Gasteiger partial charge in [-0.25, -0.2) is 0 Å². The molecule has 0 saturated heterocycles. The van der Waals surface area contributed by atoms with Crippen LogP contribution < -0.4 is 0 Å². The van der Waals surface area contributed by atoms with E-state index in [0.29, 0.717) is 0 Å². The molecule has 0 aliphatic carbocycles. The Balaban J connectivity index is 1.58. The maximum atomic E-state index is 2.31. The van der Waals surface area contributed by atoms with Crippen molar-refractivity contribution in [3.63, 3.8) is 0 Å². The van der Waals surface area contributed by atoms with Gasteiger partial charge in [0.15, 0.2) is 0 Å². The summed E-state index contributed by atoms with van der Waals surface area (Å²) in [5.41, 5.74) is 5.24. The normalized spacial score (nSPS) is 10.5. The molecule has 0 aliphatic heterocycles. The van der Waals surface area contributed by atoms with Gasteiger partial charge in [-0.15, -0.1) is 0 Å². The summed E-state index contributed by atoms with van der Waals surface area (Å²) in [6.45, 7) is 0. The second-order valence-corrected chi connectivity index (χ2v) is 5.22. The van der Waals surface area contributed by atoms with E-state index in [0.717, 1.165) is 12.8 Å². The lowest BCUT2D eigenvalue weighted by molar-refractivity contribution is 0.951. The fourth-order valence-corrected chi connectivity index (χ4v) is 2.49. The third kappa shape index (κ3) is 3.82. The van der Waals surface area contributed by atoms with E-state index in [4.69, 9.17) is 0 Å². The molecule has 0 aromatic heterocycles. The van der Waals surface area contributed by atoms with Gasteiger partial charge < -0.3 is 0 Å². The molecular weight excluding hydrogens is 252 g/mol. The molecule has 0 unspecified atom stereocenters. The summed E-state index contributed by atoms with van der Waals surface area (Å²) in [6.07, 6.45) is 4.48. The molecule has 1 radical (unpaired) electrons. The maximum Gasteiger partial charge on any atom is -0.00898 e. The van der Waals surface area contributed by atoms with Crippen LogP contribution in [0.2, 0.25) is 0 Å². The fraction of sp³-hybridized carbons (Fsp3) is 0.0952. The van der Waals surface area contributed by atoms with Crippen molar-refractivity contribution >= 4 is 0 Å². The Kier molecular flexibility index (Phi) is 4.48. The van der Waals surface area contributed by atoms with Crippen LogP contribution in [0.15, 0.2) is 84.9 Å². The Labute approximate surface area is 127 Å². The number of hydrogen-bond acceptors (Lipinski definition) is 0. The summed E-state index contributed by atoms with van der Waals surface area (Å²) in [6, 6.07) is 29.9. The Morgan fingerprint density at radius 2 is 1.14 bits per heavy atom. The van der Waals surface area contributed by atoms with Gasteiger partial charge >= 0.3 is 0 Å². The Morgan fingerprint density at radius 1 is 0.571 bits per heavy atom. The van der Waals surface area contributed by atoms with Crippen molar-refractivity contribution in [1.29, 1.82) is 0 Å². The predicted octanol–water partition coefficient (Wildman–Crippen LogP) is 5.54. The molecule has 0 fully saturated rings. The summed E-state index contributed by atoms with van der Waals surface area (Å²) in [5, 5.41) is 0. The van der Waals surface area contributed by atoms with Crippen molar-refractivity contribution in [1.82, 2.24) is 0 Å². The average molecular weight is 271 g/mol. The Bertz CT molecular complexity index is 651. The van der Waals surface area contributed by atoms with Crippen LogP contribution in [-0.2, 0) is 6.42 Å². The van der Waals surface area contributed by atoms with Gasteiger partial charge in [0.25, 0.3) is 0 Å². The second-order valence-electron chi connectivity index (χ2n) is 5.22. The number of aryl methyl sites for hydroxylation is 1. The highest BCUT2D eigenvalue weighted by Crippen LogP contribution is 2.20. The zero-order valence-electron chi connectivity index (χ0n) is 12.1. The first kappa shape index (κ1) is 13.6. The second kappa shape index (κ2) is 6.90. The molecule has 0 nitrogen and oxygen atoms in total. The van der Waals surface area contributed by atoms with Gasteiger partial charge in [0, 0.05) is 0 Å². The van der Waals surface area contributed by atoms with Crippen molar-refractivity contribution in [2.75, 3.05) is 0 Å². The van der Waals surface area contributed by atoms with E-state index in [1.807, 2.05) is 0 Å². The van der Waals surface area contributed by atoms with E-state index in [9.17, 15) is 0 Å². The molecule has 0 atom stereocenters. The highest BCUT2D eigenvalue weighted by Gasteiger charge is 1.98. The van der Waals surface area contributed by atoms with Crippen molar-refractivity contribution < 1.29 is 0 Å². The van der Waals surface area contributed by atoms with Crippen LogP contribution in [0.4, 0.5) is 0 Å². The molecule has 0 bridgehead atoms. The molecule has 0 aliphatic rings. The lowest BCUT2D eigenvalue weighted by Gasteiger charge is -2.05. The number of hydrogen-bond donors (Lipinski definition) is 0. The van der Waals surface area contributed by atoms with Gasteiger partial charge in [0.1, 0.15) is 0 Å². The Morgan fingerprint density at radius 3 is 1.81 bits per heavy atom. The predicted molar refractivity (Wildman–Crippen MR) is 90.0 cm³/mol. The quantitative estimate of drug-likeness (QED) is 0.571. The molecule has 0 heterocycles. The first-order valence-corrected chi connectivity index (χ1v) is 7.44.